The van der Waals surface area contributed by atoms with Gasteiger partial charge in [0.15, 0.2) is 0 Å². The highest BCUT2D eigenvalue weighted by molar-refractivity contribution is 5.89. The molecule has 24 heavy (non-hydrogen) atoms. The van der Waals surface area contributed by atoms with E-state index >= 15 is 0 Å². The summed E-state index contributed by atoms with van der Waals surface area (Å²) in [7, 11) is 0. The van der Waals surface area contributed by atoms with Gasteiger partial charge in [-0.2, -0.15) is 0 Å². The molecular weight excluding hydrogens is 302 g/mol. The molecule has 2 aliphatic heterocycles. The molecular formula is C20H19NO3. The number of rotatable bonds is 4. The first kappa shape index (κ1) is 14.9. The summed E-state index contributed by atoms with van der Waals surface area (Å²) >= 11 is 0. The molecule has 2 aromatic carbocycles. The minimum absolute atomic E-state index is 0.0689. The maximum Gasteiger partial charge on any atom is 0.321 e. The van der Waals surface area contributed by atoms with Gasteiger partial charge in [0.2, 0.25) is 11.6 Å². The summed E-state index contributed by atoms with van der Waals surface area (Å²) in [6.07, 6.45) is 1.86. The second-order valence-electron chi connectivity index (χ2n) is 6.42. The Hall–Kier alpha value is -2.62. The molecule has 0 unspecified atom stereocenters. The Morgan fingerprint density at radius 2 is 1.67 bits per heavy atom. The lowest BCUT2D eigenvalue weighted by molar-refractivity contribution is -0.236. The van der Waals surface area contributed by atoms with E-state index in [1.807, 2.05) is 60.7 Å². The van der Waals surface area contributed by atoms with Crippen LogP contribution in [0, 0.1) is 0 Å². The van der Waals surface area contributed by atoms with Crippen LogP contribution in [0.3, 0.4) is 0 Å². The first-order valence-electron chi connectivity index (χ1n) is 8.33. The highest BCUT2D eigenvalue weighted by Crippen LogP contribution is 2.48. The molecule has 2 heterocycles. The van der Waals surface area contributed by atoms with Crippen LogP contribution in [0.2, 0.25) is 0 Å². The monoisotopic (exact) mass is 321 g/mol. The molecule has 122 valence electrons. The Balaban J connectivity index is 1.76. The fourth-order valence-electron chi connectivity index (χ4n) is 3.84. The van der Waals surface area contributed by atoms with Gasteiger partial charge in [-0.15, -0.1) is 0 Å². The van der Waals surface area contributed by atoms with Crippen molar-refractivity contribution in [3.8, 4) is 0 Å². The van der Waals surface area contributed by atoms with Crippen LogP contribution < -0.4 is 0 Å². The van der Waals surface area contributed by atoms with Crippen molar-refractivity contribution in [2.75, 3.05) is 6.54 Å². The molecule has 0 radical (unpaired) electrons. The van der Waals surface area contributed by atoms with Gasteiger partial charge in [0, 0.05) is 19.4 Å². The molecule has 1 amide bonds. The normalized spacial score (nSPS) is 26.2. The molecule has 0 saturated carbocycles. The lowest BCUT2D eigenvalue weighted by atomic mass is 9.78. The third-order valence-electron chi connectivity index (χ3n) is 4.93. The van der Waals surface area contributed by atoms with Crippen LogP contribution in [-0.2, 0) is 20.7 Å². The summed E-state index contributed by atoms with van der Waals surface area (Å²) in [5, 5.41) is 0. The van der Waals surface area contributed by atoms with Crippen molar-refractivity contribution in [1.82, 2.24) is 4.90 Å². The summed E-state index contributed by atoms with van der Waals surface area (Å²) in [4.78, 5) is 26.5. The van der Waals surface area contributed by atoms with Gasteiger partial charge >= 0.3 is 5.97 Å². The van der Waals surface area contributed by atoms with E-state index < -0.39 is 11.6 Å². The number of nitrogens with zero attached hydrogens (tertiary/aromatic N) is 1. The summed E-state index contributed by atoms with van der Waals surface area (Å²) < 4.78 is 5.72. The van der Waals surface area contributed by atoms with E-state index in [1.165, 1.54) is 0 Å². The number of cyclic esters (lactones) is 1. The number of benzene rings is 2. The third-order valence-corrected chi connectivity index (χ3v) is 4.93. The maximum absolute atomic E-state index is 12.4. The molecule has 2 atom stereocenters. The molecule has 2 saturated heterocycles. The van der Waals surface area contributed by atoms with E-state index in [4.69, 9.17) is 4.74 Å². The molecule has 0 N–H and O–H groups in total. The highest BCUT2D eigenvalue weighted by Gasteiger charge is 2.62. The average Bonchev–Trinajstić information content (AvgIpc) is 3.02. The third kappa shape index (κ3) is 2.30. The van der Waals surface area contributed by atoms with Crippen LogP contribution in [-0.4, -0.2) is 29.0 Å². The van der Waals surface area contributed by atoms with E-state index in [0.717, 1.165) is 17.5 Å². The minimum atomic E-state index is -0.895. The first-order chi connectivity index (χ1) is 11.7. The van der Waals surface area contributed by atoms with E-state index in [9.17, 15) is 9.59 Å². The summed E-state index contributed by atoms with van der Waals surface area (Å²) in [5.41, 5.74) is 1.07. The zero-order valence-corrected chi connectivity index (χ0v) is 13.4. The van der Waals surface area contributed by atoms with Crippen molar-refractivity contribution in [1.29, 1.82) is 0 Å². The Kier molecular flexibility index (Phi) is 3.60. The van der Waals surface area contributed by atoms with Crippen LogP contribution in [0.4, 0.5) is 0 Å². The van der Waals surface area contributed by atoms with Crippen LogP contribution in [0.15, 0.2) is 60.7 Å². The van der Waals surface area contributed by atoms with Crippen LogP contribution >= 0.6 is 0 Å². The van der Waals surface area contributed by atoms with Crippen molar-refractivity contribution < 1.29 is 14.3 Å². The van der Waals surface area contributed by atoms with Gasteiger partial charge in [-0.3, -0.25) is 9.59 Å². The fourth-order valence-corrected chi connectivity index (χ4v) is 3.84. The predicted molar refractivity (Wildman–Crippen MR) is 89.1 cm³/mol. The average molecular weight is 321 g/mol. The van der Waals surface area contributed by atoms with Crippen molar-refractivity contribution >= 4 is 11.9 Å². The van der Waals surface area contributed by atoms with Crippen molar-refractivity contribution in [3.63, 3.8) is 0 Å². The molecule has 2 fully saturated rings. The number of ether oxygens (including phenoxy) is 1. The zero-order valence-electron chi connectivity index (χ0n) is 13.4. The zero-order chi connectivity index (χ0) is 16.6. The molecule has 2 aromatic rings. The molecule has 4 nitrogen and oxygen atoms in total. The van der Waals surface area contributed by atoms with Gasteiger partial charge in [0.05, 0.1) is 0 Å². The molecule has 2 aliphatic rings. The minimum Gasteiger partial charge on any atom is -0.436 e. The molecule has 0 aliphatic carbocycles. The van der Waals surface area contributed by atoms with Gasteiger partial charge in [-0.05, 0) is 17.5 Å². The van der Waals surface area contributed by atoms with Crippen LogP contribution in [0.1, 0.15) is 29.9 Å². The summed E-state index contributed by atoms with van der Waals surface area (Å²) in [5.74, 6) is -0.614. The number of likely N-dealkylation sites (tertiary alicyclic amines) is 1. The van der Waals surface area contributed by atoms with Crippen molar-refractivity contribution in [3.05, 3.63) is 71.8 Å². The predicted octanol–water partition coefficient (Wildman–Crippen LogP) is 2.89. The molecule has 0 aromatic heterocycles. The van der Waals surface area contributed by atoms with Gasteiger partial charge in [-0.1, -0.05) is 60.7 Å². The maximum atomic E-state index is 12.4. The quantitative estimate of drug-likeness (QED) is 0.814. The van der Waals surface area contributed by atoms with E-state index in [1.54, 1.807) is 4.90 Å². The van der Waals surface area contributed by atoms with Gasteiger partial charge in [0.1, 0.15) is 5.92 Å². The van der Waals surface area contributed by atoms with Gasteiger partial charge in [-0.25, -0.2) is 0 Å². The lowest BCUT2D eigenvalue weighted by Crippen LogP contribution is -2.67. The Bertz CT molecular complexity index is 759. The Morgan fingerprint density at radius 3 is 2.25 bits per heavy atom. The molecule has 4 rings (SSSR count). The SMILES string of the molecule is O=C1O[C@](Cc2ccccc2)(N2CCCC2=O)[C@H]1c1ccccc1. The highest BCUT2D eigenvalue weighted by atomic mass is 16.6. The summed E-state index contributed by atoms with van der Waals surface area (Å²) in [6, 6.07) is 19.5. The largest absolute Gasteiger partial charge is 0.436 e. The Morgan fingerprint density at radius 1 is 1.00 bits per heavy atom. The van der Waals surface area contributed by atoms with Crippen LogP contribution in [0.25, 0.3) is 0 Å². The molecule has 0 bridgehead atoms. The number of carbonyl (C=O) groups is 2. The second kappa shape index (κ2) is 5.78. The molecule has 4 heteroatoms. The van der Waals surface area contributed by atoms with Gasteiger partial charge < -0.3 is 9.64 Å². The fraction of sp³-hybridized carbons (Fsp3) is 0.300. The Labute approximate surface area is 141 Å². The van der Waals surface area contributed by atoms with E-state index in [-0.39, 0.29) is 11.9 Å². The van der Waals surface area contributed by atoms with E-state index in [2.05, 4.69) is 0 Å². The van der Waals surface area contributed by atoms with Gasteiger partial charge in [0.25, 0.3) is 0 Å². The first-order valence-corrected chi connectivity index (χ1v) is 8.33. The number of amides is 1. The number of carbonyl (C=O) groups excluding carboxylic acids is 2. The number of esters is 1. The van der Waals surface area contributed by atoms with Crippen LogP contribution in [0.5, 0.6) is 0 Å². The second-order valence-corrected chi connectivity index (χ2v) is 6.42. The molecule has 0 spiro atoms. The number of hydrogen-bond acceptors (Lipinski definition) is 3. The van der Waals surface area contributed by atoms with E-state index in [0.29, 0.717) is 19.4 Å². The van der Waals surface area contributed by atoms with Crippen molar-refractivity contribution in [2.45, 2.75) is 30.9 Å². The summed E-state index contributed by atoms with van der Waals surface area (Å²) in [6.45, 7) is 0.641. The standard InChI is InChI=1S/C20H19NO3/c22-17-12-7-13-21(17)20(14-15-8-3-1-4-9-15)18(19(23)24-20)16-10-5-2-6-11-16/h1-6,8-11,18H,7,12-14H2/t18-,20-/m0/s1. The topological polar surface area (TPSA) is 46.6 Å². The van der Waals surface area contributed by atoms with Crippen molar-refractivity contribution in [2.24, 2.45) is 0 Å². The smallest absolute Gasteiger partial charge is 0.321 e. The lowest BCUT2D eigenvalue weighted by Gasteiger charge is -2.52. The number of hydrogen-bond donors (Lipinski definition) is 0.